The van der Waals surface area contributed by atoms with Crippen molar-refractivity contribution in [2.45, 2.75) is 18.7 Å². The average Bonchev–Trinajstić information content (AvgIpc) is 2.64. The van der Waals surface area contributed by atoms with Crippen molar-refractivity contribution in [3.63, 3.8) is 0 Å². The first kappa shape index (κ1) is 21.1. The number of nitro benzene ring substituents is 1. The molecule has 3 N–H and O–H groups in total. The minimum atomic E-state index is -3.99. The number of rotatable bonds is 8. The zero-order chi connectivity index (χ0) is 20.9. The SMILES string of the molecule is CCN(CC)S(=O)(=O)c1cc([N+](=O)[O-])ccc1NN=Cc1ccc(O)cc1O. The van der Waals surface area contributed by atoms with Crippen LogP contribution in [0.5, 0.6) is 11.5 Å². The quantitative estimate of drug-likeness (QED) is 0.345. The summed E-state index contributed by atoms with van der Waals surface area (Å²) < 4.78 is 26.9. The van der Waals surface area contributed by atoms with Crippen LogP contribution in [0.4, 0.5) is 11.4 Å². The van der Waals surface area contributed by atoms with Crippen LogP contribution in [-0.4, -0.2) is 47.2 Å². The molecule has 0 radical (unpaired) electrons. The number of hydrazone groups is 1. The van der Waals surface area contributed by atoms with Gasteiger partial charge in [0.15, 0.2) is 0 Å². The second kappa shape index (κ2) is 8.67. The van der Waals surface area contributed by atoms with E-state index in [1.54, 1.807) is 13.8 Å². The van der Waals surface area contributed by atoms with E-state index in [2.05, 4.69) is 10.5 Å². The topological polar surface area (TPSA) is 145 Å². The summed E-state index contributed by atoms with van der Waals surface area (Å²) in [5.41, 5.74) is 2.51. The van der Waals surface area contributed by atoms with E-state index in [1.165, 1.54) is 28.7 Å². The van der Waals surface area contributed by atoms with Gasteiger partial charge in [0.25, 0.3) is 5.69 Å². The number of hydrogen-bond acceptors (Lipinski definition) is 8. The number of benzene rings is 2. The van der Waals surface area contributed by atoms with Crippen LogP contribution in [-0.2, 0) is 10.0 Å². The van der Waals surface area contributed by atoms with Crippen LogP contribution >= 0.6 is 0 Å². The van der Waals surface area contributed by atoms with Crippen molar-refractivity contribution in [3.8, 4) is 11.5 Å². The summed E-state index contributed by atoms with van der Waals surface area (Å²) >= 11 is 0. The normalized spacial score (nSPS) is 11.8. The van der Waals surface area contributed by atoms with Gasteiger partial charge in [-0.15, -0.1) is 0 Å². The smallest absolute Gasteiger partial charge is 0.270 e. The lowest BCUT2D eigenvalue weighted by Crippen LogP contribution is -2.31. The molecule has 150 valence electrons. The second-order valence-corrected chi connectivity index (χ2v) is 7.55. The number of nitro groups is 1. The predicted molar refractivity (Wildman–Crippen MR) is 104 cm³/mol. The number of nitrogens with one attached hydrogen (secondary N) is 1. The van der Waals surface area contributed by atoms with Crippen molar-refractivity contribution in [1.29, 1.82) is 0 Å². The molecule has 2 aromatic carbocycles. The Labute approximate surface area is 161 Å². The number of sulfonamides is 1. The van der Waals surface area contributed by atoms with Crippen LogP contribution in [0, 0.1) is 10.1 Å². The Morgan fingerprint density at radius 1 is 1.18 bits per heavy atom. The Bertz CT molecular complexity index is 1000. The Morgan fingerprint density at radius 3 is 2.43 bits per heavy atom. The molecule has 0 aromatic heterocycles. The third kappa shape index (κ3) is 4.56. The Morgan fingerprint density at radius 2 is 1.86 bits per heavy atom. The number of non-ortho nitro benzene ring substituents is 1. The average molecular weight is 408 g/mol. The Kier molecular flexibility index (Phi) is 6.54. The minimum absolute atomic E-state index is 0.0482. The van der Waals surface area contributed by atoms with Crippen molar-refractivity contribution in [1.82, 2.24) is 4.31 Å². The zero-order valence-electron chi connectivity index (χ0n) is 15.2. The second-order valence-electron chi connectivity index (χ2n) is 5.64. The maximum Gasteiger partial charge on any atom is 0.270 e. The lowest BCUT2D eigenvalue weighted by atomic mass is 10.2. The highest BCUT2D eigenvalue weighted by molar-refractivity contribution is 7.89. The summed E-state index contributed by atoms with van der Waals surface area (Å²) in [6.45, 7) is 3.73. The number of phenolic OH excluding ortho intramolecular Hbond substituents is 2. The van der Waals surface area contributed by atoms with E-state index in [0.29, 0.717) is 0 Å². The monoisotopic (exact) mass is 408 g/mol. The number of aromatic hydroxyl groups is 2. The molecular weight excluding hydrogens is 388 g/mol. The van der Waals surface area contributed by atoms with Gasteiger partial charge in [0, 0.05) is 36.9 Å². The maximum absolute atomic E-state index is 12.9. The molecule has 2 aromatic rings. The molecule has 0 saturated carbocycles. The third-order valence-corrected chi connectivity index (χ3v) is 5.99. The number of nitrogens with zero attached hydrogens (tertiary/aromatic N) is 3. The molecule has 0 aliphatic heterocycles. The molecule has 0 spiro atoms. The molecule has 0 atom stereocenters. The van der Waals surface area contributed by atoms with Gasteiger partial charge >= 0.3 is 0 Å². The van der Waals surface area contributed by atoms with Crippen LogP contribution in [0.2, 0.25) is 0 Å². The highest BCUT2D eigenvalue weighted by Crippen LogP contribution is 2.29. The van der Waals surface area contributed by atoms with E-state index < -0.39 is 14.9 Å². The summed E-state index contributed by atoms with van der Waals surface area (Å²) in [6.07, 6.45) is 1.23. The molecule has 0 heterocycles. The highest BCUT2D eigenvalue weighted by Gasteiger charge is 2.27. The molecule has 0 saturated heterocycles. The summed E-state index contributed by atoms with van der Waals surface area (Å²) in [7, 11) is -3.99. The van der Waals surface area contributed by atoms with Crippen LogP contribution < -0.4 is 5.43 Å². The van der Waals surface area contributed by atoms with Gasteiger partial charge in [0.2, 0.25) is 10.0 Å². The predicted octanol–water partition coefficient (Wildman–Crippen LogP) is 2.48. The van der Waals surface area contributed by atoms with Crippen molar-refractivity contribution < 1.29 is 23.6 Å². The molecule has 28 heavy (non-hydrogen) atoms. The fourth-order valence-electron chi connectivity index (χ4n) is 2.45. The molecule has 10 nitrogen and oxygen atoms in total. The van der Waals surface area contributed by atoms with Gasteiger partial charge in [-0.2, -0.15) is 9.41 Å². The van der Waals surface area contributed by atoms with Gasteiger partial charge in [0.05, 0.1) is 16.8 Å². The number of anilines is 1. The molecule has 0 bridgehead atoms. The lowest BCUT2D eigenvalue weighted by Gasteiger charge is -2.20. The van der Waals surface area contributed by atoms with Crippen LogP contribution in [0.25, 0.3) is 0 Å². The van der Waals surface area contributed by atoms with Crippen LogP contribution in [0.3, 0.4) is 0 Å². The van der Waals surface area contributed by atoms with E-state index in [9.17, 15) is 28.7 Å². The first-order valence-corrected chi connectivity index (χ1v) is 9.74. The molecule has 0 unspecified atom stereocenters. The fraction of sp³-hybridized carbons (Fsp3) is 0.235. The summed E-state index contributed by atoms with van der Waals surface area (Å²) in [6, 6.07) is 7.29. The molecule has 0 aliphatic carbocycles. The first-order valence-electron chi connectivity index (χ1n) is 8.30. The molecule has 0 amide bonds. The molecule has 0 aliphatic rings. The van der Waals surface area contributed by atoms with E-state index >= 15 is 0 Å². The van der Waals surface area contributed by atoms with E-state index in [-0.39, 0.29) is 46.4 Å². The van der Waals surface area contributed by atoms with Crippen LogP contribution in [0.15, 0.2) is 46.4 Å². The number of hydrogen-bond donors (Lipinski definition) is 3. The van der Waals surface area contributed by atoms with Gasteiger partial charge in [-0.05, 0) is 18.2 Å². The van der Waals surface area contributed by atoms with Gasteiger partial charge in [-0.25, -0.2) is 8.42 Å². The Hall–Kier alpha value is -3.18. The van der Waals surface area contributed by atoms with Crippen molar-refractivity contribution in [3.05, 3.63) is 52.1 Å². The van der Waals surface area contributed by atoms with Gasteiger partial charge < -0.3 is 10.2 Å². The summed E-state index contributed by atoms with van der Waals surface area (Å²) in [4.78, 5) is 10.1. The summed E-state index contributed by atoms with van der Waals surface area (Å²) in [5.74, 6) is -0.337. The van der Waals surface area contributed by atoms with E-state index in [0.717, 1.165) is 18.2 Å². The maximum atomic E-state index is 12.9. The van der Waals surface area contributed by atoms with E-state index in [1.807, 2.05) is 0 Å². The Balaban J connectivity index is 2.43. The summed E-state index contributed by atoms with van der Waals surface area (Å²) in [5, 5.41) is 34.0. The standard InChI is InChI=1S/C17H20N4O6S/c1-3-20(4-2)28(26,27)17-9-13(21(24)25)6-8-15(17)19-18-11-12-5-7-14(22)10-16(12)23/h5-11,19,22-23H,3-4H2,1-2H3. The van der Waals surface area contributed by atoms with E-state index in [4.69, 9.17) is 0 Å². The van der Waals surface area contributed by atoms with Crippen molar-refractivity contribution in [2.24, 2.45) is 5.10 Å². The first-order chi connectivity index (χ1) is 13.2. The minimum Gasteiger partial charge on any atom is -0.508 e. The fourth-order valence-corrected chi connectivity index (χ4v) is 4.06. The highest BCUT2D eigenvalue weighted by atomic mass is 32.2. The lowest BCUT2D eigenvalue weighted by molar-refractivity contribution is -0.385. The number of phenols is 2. The van der Waals surface area contributed by atoms with Gasteiger partial charge in [-0.1, -0.05) is 13.8 Å². The zero-order valence-corrected chi connectivity index (χ0v) is 16.0. The van der Waals surface area contributed by atoms with Gasteiger partial charge in [-0.3, -0.25) is 15.5 Å². The van der Waals surface area contributed by atoms with Crippen molar-refractivity contribution in [2.75, 3.05) is 18.5 Å². The molecule has 11 heteroatoms. The molecular formula is C17H20N4O6S. The largest absolute Gasteiger partial charge is 0.508 e. The van der Waals surface area contributed by atoms with Crippen LogP contribution in [0.1, 0.15) is 19.4 Å². The van der Waals surface area contributed by atoms with Crippen molar-refractivity contribution >= 4 is 27.6 Å². The molecule has 2 rings (SSSR count). The molecule has 0 fully saturated rings. The van der Waals surface area contributed by atoms with Gasteiger partial charge in [0.1, 0.15) is 16.4 Å². The third-order valence-electron chi connectivity index (χ3n) is 3.90.